The van der Waals surface area contributed by atoms with E-state index in [-0.39, 0.29) is 49.3 Å². The van der Waals surface area contributed by atoms with E-state index in [0.717, 1.165) is 27.9 Å². The Balaban J connectivity index is 0.00000353. The topological polar surface area (TPSA) is 154 Å². The van der Waals surface area contributed by atoms with Crippen molar-refractivity contribution in [1.29, 1.82) is 0 Å². The number of aromatic amines is 1. The van der Waals surface area contributed by atoms with E-state index in [1.54, 1.807) is 41.4 Å². The monoisotopic (exact) mass is 655 g/mol. The first-order chi connectivity index (χ1) is 20.5. The first kappa shape index (κ1) is 36.8. The van der Waals surface area contributed by atoms with Crippen molar-refractivity contribution in [2.24, 2.45) is 11.5 Å². The maximum absolute atomic E-state index is 14.1. The van der Waals surface area contributed by atoms with Gasteiger partial charge < -0.3 is 30.8 Å². The van der Waals surface area contributed by atoms with Crippen molar-refractivity contribution in [3.05, 3.63) is 106 Å². The third-order valence-corrected chi connectivity index (χ3v) is 7.57. The van der Waals surface area contributed by atoms with Crippen LogP contribution >= 0.6 is 24.8 Å². The smallest absolute Gasteiger partial charge is 0.341 e. The summed E-state index contributed by atoms with van der Waals surface area (Å²) >= 11 is 0. The number of nitrogens with one attached hydrogen (secondary N) is 1. The van der Waals surface area contributed by atoms with Crippen LogP contribution in [0.5, 0.6) is 5.75 Å². The van der Waals surface area contributed by atoms with Gasteiger partial charge in [0.1, 0.15) is 17.1 Å². The number of imidazole rings is 1. The van der Waals surface area contributed by atoms with Gasteiger partial charge in [-0.25, -0.2) is 9.78 Å². The minimum Gasteiger partial charge on any atom is -0.496 e. The maximum atomic E-state index is 14.1. The second kappa shape index (κ2) is 16.1. The summed E-state index contributed by atoms with van der Waals surface area (Å²) in [4.78, 5) is 47.9. The molecule has 0 bridgehead atoms. The quantitative estimate of drug-likeness (QED) is 0.190. The number of aromatic nitrogens is 2. The fourth-order valence-corrected chi connectivity index (χ4v) is 5.16. The minimum absolute atomic E-state index is 0. The van der Waals surface area contributed by atoms with Crippen LogP contribution in [-0.2, 0) is 22.5 Å². The van der Waals surface area contributed by atoms with Gasteiger partial charge in [-0.2, -0.15) is 0 Å². The summed E-state index contributed by atoms with van der Waals surface area (Å²) in [6, 6.07) is 16.9. The van der Waals surface area contributed by atoms with E-state index in [1.807, 2.05) is 51.1 Å². The summed E-state index contributed by atoms with van der Waals surface area (Å²) in [6.07, 6.45) is 1.99. The van der Waals surface area contributed by atoms with Gasteiger partial charge in [-0.05, 0) is 79.3 Å². The van der Waals surface area contributed by atoms with Crippen LogP contribution in [0.25, 0.3) is 11.3 Å². The Hall–Kier alpha value is -4.38. The first-order valence-electron chi connectivity index (χ1n) is 13.9. The summed E-state index contributed by atoms with van der Waals surface area (Å²) in [5.41, 5.74) is 17.7. The number of hydrogen-bond donors (Lipinski definition) is 3. The fraction of sp³-hybridized carbons (Fsp3) is 0.273. The number of nitrogens with two attached hydrogens (primary N) is 2. The Kier molecular flexibility index (Phi) is 13.2. The van der Waals surface area contributed by atoms with Gasteiger partial charge in [-0.1, -0.05) is 36.4 Å². The molecule has 10 nitrogen and oxygen atoms in total. The molecule has 0 aliphatic rings. The number of amides is 2. The van der Waals surface area contributed by atoms with Gasteiger partial charge >= 0.3 is 5.97 Å². The van der Waals surface area contributed by atoms with Gasteiger partial charge in [0.05, 0.1) is 38.2 Å². The minimum atomic E-state index is -0.902. The molecule has 5 N–H and O–H groups in total. The lowest BCUT2D eigenvalue weighted by atomic mass is 9.93. The van der Waals surface area contributed by atoms with E-state index in [1.165, 1.54) is 14.2 Å². The number of H-pyrrole nitrogens is 1. The highest BCUT2D eigenvalue weighted by Gasteiger charge is 2.29. The summed E-state index contributed by atoms with van der Waals surface area (Å²) in [5, 5.41) is 0. The zero-order valence-electron chi connectivity index (χ0n) is 25.8. The van der Waals surface area contributed by atoms with E-state index in [2.05, 4.69) is 9.97 Å². The number of aryl methyl sites for hydroxylation is 2. The number of carbonyl (C=O) groups excluding carboxylic acids is 3. The van der Waals surface area contributed by atoms with Gasteiger partial charge in [0.15, 0.2) is 0 Å². The molecule has 12 heteroatoms. The second-order valence-corrected chi connectivity index (χ2v) is 10.5. The number of primary amides is 1. The molecule has 3 aromatic carbocycles. The third-order valence-electron chi connectivity index (χ3n) is 7.57. The molecule has 2 atom stereocenters. The molecule has 2 amide bonds. The van der Waals surface area contributed by atoms with Crippen LogP contribution in [0.15, 0.2) is 66.9 Å². The molecule has 4 aromatic rings. The lowest BCUT2D eigenvalue weighted by Crippen LogP contribution is -2.46. The zero-order chi connectivity index (χ0) is 31.3. The molecule has 0 fully saturated rings. The summed E-state index contributed by atoms with van der Waals surface area (Å²) < 4.78 is 10.3. The molecule has 0 spiro atoms. The highest BCUT2D eigenvalue weighted by molar-refractivity contribution is 5.93. The van der Waals surface area contributed by atoms with Gasteiger partial charge in [0, 0.05) is 12.1 Å². The molecule has 1 heterocycles. The molecule has 0 radical (unpaired) electrons. The fourth-order valence-electron chi connectivity index (χ4n) is 5.16. The number of ether oxygens (including phenoxy) is 2. The Morgan fingerprint density at radius 3 is 2.20 bits per heavy atom. The summed E-state index contributed by atoms with van der Waals surface area (Å²) in [5.74, 6) is -0.428. The maximum Gasteiger partial charge on any atom is 0.341 e. The van der Waals surface area contributed by atoms with E-state index >= 15 is 0 Å². The SMILES string of the molecule is COC(=O)c1cc(CN(C(=O)C(N)Cc2c(C)cc(C(N)=O)cc2C)[C@@H](C)c2ncc(-c3ccccc3)[nH]2)ccc1OC.Cl.Cl. The van der Waals surface area contributed by atoms with Crippen molar-refractivity contribution in [2.75, 3.05) is 14.2 Å². The molecule has 4 rings (SSSR count). The van der Waals surface area contributed by atoms with Gasteiger partial charge in [0.2, 0.25) is 11.8 Å². The standard InChI is InChI=1S/C33H37N5O5.2ClH/c1-19-13-24(30(35)39)14-20(2)25(19)16-27(34)32(40)38(18-22-11-12-29(42-4)26(15-22)33(41)43-5)21(3)31-36-17-28(37-31)23-9-7-6-8-10-23;;/h6-15,17,21,27H,16,18,34H2,1-5H3,(H2,35,39)(H,36,37);2*1H/t21-,27?;;/m0../s1. The van der Waals surface area contributed by atoms with Crippen LogP contribution in [0.3, 0.4) is 0 Å². The van der Waals surface area contributed by atoms with E-state index < -0.39 is 24.0 Å². The van der Waals surface area contributed by atoms with Crippen molar-refractivity contribution in [3.63, 3.8) is 0 Å². The van der Waals surface area contributed by atoms with Crippen LogP contribution in [0.1, 0.15) is 61.8 Å². The molecule has 0 aliphatic heterocycles. The number of nitrogens with zero attached hydrogens (tertiary/aromatic N) is 2. The largest absolute Gasteiger partial charge is 0.496 e. The average Bonchev–Trinajstić information content (AvgIpc) is 3.51. The molecule has 0 aliphatic carbocycles. The highest BCUT2D eigenvalue weighted by atomic mass is 35.5. The van der Waals surface area contributed by atoms with Crippen molar-refractivity contribution in [1.82, 2.24) is 14.9 Å². The molecule has 0 saturated heterocycles. The molecule has 1 aromatic heterocycles. The highest BCUT2D eigenvalue weighted by Crippen LogP contribution is 2.28. The number of halogens is 2. The van der Waals surface area contributed by atoms with E-state index in [9.17, 15) is 14.4 Å². The molecule has 240 valence electrons. The Morgan fingerprint density at radius 2 is 1.62 bits per heavy atom. The Morgan fingerprint density at radius 1 is 0.978 bits per heavy atom. The van der Waals surface area contributed by atoms with Crippen molar-refractivity contribution >= 4 is 42.6 Å². The van der Waals surface area contributed by atoms with Gasteiger partial charge in [-0.15, -0.1) is 24.8 Å². The van der Waals surface area contributed by atoms with Crippen LogP contribution in [0.4, 0.5) is 0 Å². The third kappa shape index (κ3) is 8.42. The van der Waals surface area contributed by atoms with Crippen molar-refractivity contribution in [2.45, 2.75) is 45.8 Å². The number of carbonyl (C=O) groups is 3. The number of esters is 1. The first-order valence-corrected chi connectivity index (χ1v) is 13.9. The predicted octanol–water partition coefficient (Wildman–Crippen LogP) is 5.09. The molecular formula is C33H39Cl2N5O5. The van der Waals surface area contributed by atoms with Crippen LogP contribution < -0.4 is 16.2 Å². The number of benzene rings is 3. The normalized spacial score (nSPS) is 11.8. The molecular weight excluding hydrogens is 617 g/mol. The van der Waals surface area contributed by atoms with Gasteiger partial charge in [0.25, 0.3) is 0 Å². The summed E-state index contributed by atoms with van der Waals surface area (Å²) in [6.45, 7) is 5.75. The molecule has 45 heavy (non-hydrogen) atoms. The molecule has 0 saturated carbocycles. The number of methoxy groups -OCH3 is 2. The van der Waals surface area contributed by atoms with Crippen LogP contribution in [0.2, 0.25) is 0 Å². The van der Waals surface area contributed by atoms with Crippen LogP contribution in [-0.4, -0.2) is 52.9 Å². The average molecular weight is 657 g/mol. The second-order valence-electron chi connectivity index (χ2n) is 10.5. The predicted molar refractivity (Wildman–Crippen MR) is 178 cm³/mol. The summed E-state index contributed by atoms with van der Waals surface area (Å²) in [7, 11) is 2.77. The number of hydrogen-bond acceptors (Lipinski definition) is 7. The lowest BCUT2D eigenvalue weighted by Gasteiger charge is -2.31. The Labute approximate surface area is 275 Å². The van der Waals surface area contributed by atoms with E-state index in [0.29, 0.717) is 22.7 Å². The zero-order valence-corrected chi connectivity index (χ0v) is 27.5. The number of rotatable bonds is 11. The van der Waals surface area contributed by atoms with Crippen molar-refractivity contribution < 1.29 is 23.9 Å². The van der Waals surface area contributed by atoms with E-state index in [4.69, 9.17) is 20.9 Å². The Bertz CT molecular complexity index is 1620. The van der Waals surface area contributed by atoms with Crippen molar-refractivity contribution in [3.8, 4) is 17.0 Å². The van der Waals surface area contributed by atoms with Crippen LogP contribution in [0, 0.1) is 13.8 Å². The van der Waals surface area contributed by atoms with Gasteiger partial charge in [-0.3, -0.25) is 9.59 Å². The lowest BCUT2D eigenvalue weighted by molar-refractivity contribution is -0.135. The molecule has 1 unspecified atom stereocenters.